The number of amides is 1. The van der Waals surface area contributed by atoms with Crippen molar-refractivity contribution in [2.24, 2.45) is 0 Å². The second kappa shape index (κ2) is 9.33. The van der Waals surface area contributed by atoms with Gasteiger partial charge in [0.15, 0.2) is 5.82 Å². The Labute approximate surface area is 183 Å². The Bertz CT molecular complexity index is 1050. The number of benzene rings is 2. The van der Waals surface area contributed by atoms with Gasteiger partial charge in [0.2, 0.25) is 5.91 Å². The van der Waals surface area contributed by atoms with Crippen molar-refractivity contribution in [3.8, 4) is 17.1 Å². The molecule has 0 bridgehead atoms. The van der Waals surface area contributed by atoms with Gasteiger partial charge in [-0.3, -0.25) is 4.79 Å². The van der Waals surface area contributed by atoms with Crippen LogP contribution in [0.4, 0.5) is 5.69 Å². The highest BCUT2D eigenvalue weighted by Gasteiger charge is 2.30. The van der Waals surface area contributed by atoms with E-state index in [1.54, 1.807) is 0 Å². The summed E-state index contributed by atoms with van der Waals surface area (Å²) >= 11 is 0. The molecular formula is C25H30N4O2. The van der Waals surface area contributed by atoms with Gasteiger partial charge in [0, 0.05) is 30.1 Å². The number of carbonyl (C=O) groups is 1. The number of nitrogens with zero attached hydrogens (tertiary/aromatic N) is 3. The van der Waals surface area contributed by atoms with E-state index in [1.807, 2.05) is 50.2 Å². The third-order valence-corrected chi connectivity index (χ3v) is 5.50. The summed E-state index contributed by atoms with van der Waals surface area (Å²) < 4.78 is 7.90. The number of nitrogens with one attached hydrogen (secondary N) is 1. The van der Waals surface area contributed by atoms with Crippen LogP contribution in [0.5, 0.6) is 5.75 Å². The Kier molecular flexibility index (Phi) is 6.35. The van der Waals surface area contributed by atoms with Crippen LogP contribution in [0.1, 0.15) is 55.6 Å². The summed E-state index contributed by atoms with van der Waals surface area (Å²) in [5.41, 5.74) is 4.15. The van der Waals surface area contributed by atoms with Gasteiger partial charge in [0.05, 0.1) is 6.61 Å². The van der Waals surface area contributed by atoms with Crippen molar-refractivity contribution < 1.29 is 9.53 Å². The third-order valence-electron chi connectivity index (χ3n) is 5.50. The lowest BCUT2D eigenvalue weighted by Crippen LogP contribution is -2.15. The molecule has 6 nitrogen and oxygen atoms in total. The summed E-state index contributed by atoms with van der Waals surface area (Å²) in [7, 11) is 0. The first-order valence-electron chi connectivity index (χ1n) is 11.1. The van der Waals surface area contributed by atoms with Crippen molar-refractivity contribution in [3.63, 3.8) is 0 Å². The molecule has 1 amide bonds. The van der Waals surface area contributed by atoms with Gasteiger partial charge >= 0.3 is 0 Å². The molecule has 1 aliphatic carbocycles. The average Bonchev–Trinajstić information content (AvgIpc) is 3.52. The first-order valence-corrected chi connectivity index (χ1v) is 11.1. The van der Waals surface area contributed by atoms with E-state index >= 15 is 0 Å². The minimum absolute atomic E-state index is 0.00345. The predicted molar refractivity (Wildman–Crippen MR) is 122 cm³/mol. The molecule has 0 radical (unpaired) electrons. The fourth-order valence-corrected chi connectivity index (χ4v) is 3.72. The van der Waals surface area contributed by atoms with Crippen LogP contribution in [0.15, 0.2) is 42.5 Å². The monoisotopic (exact) mass is 418 g/mol. The first-order chi connectivity index (χ1) is 15.0. The van der Waals surface area contributed by atoms with Gasteiger partial charge in [-0.15, -0.1) is 10.2 Å². The number of aryl methyl sites for hydroxylation is 3. The highest BCUT2D eigenvalue weighted by atomic mass is 16.5. The number of rotatable bonds is 9. The Morgan fingerprint density at radius 1 is 1.13 bits per heavy atom. The maximum Gasteiger partial charge on any atom is 0.224 e. The zero-order valence-electron chi connectivity index (χ0n) is 18.5. The largest absolute Gasteiger partial charge is 0.494 e. The topological polar surface area (TPSA) is 69.0 Å². The molecule has 1 heterocycles. The van der Waals surface area contributed by atoms with Crippen molar-refractivity contribution in [1.29, 1.82) is 0 Å². The Morgan fingerprint density at radius 3 is 2.58 bits per heavy atom. The lowest BCUT2D eigenvalue weighted by Gasteiger charge is -2.11. The van der Waals surface area contributed by atoms with Crippen molar-refractivity contribution in [2.45, 2.75) is 58.9 Å². The van der Waals surface area contributed by atoms with E-state index in [0.29, 0.717) is 25.5 Å². The zero-order valence-corrected chi connectivity index (χ0v) is 18.5. The summed E-state index contributed by atoms with van der Waals surface area (Å²) in [5, 5.41) is 11.9. The molecule has 2 aromatic carbocycles. The van der Waals surface area contributed by atoms with Crippen LogP contribution in [0.3, 0.4) is 0 Å². The molecule has 0 spiro atoms. The SMILES string of the molecule is CCCOc1ccc(-c2nnc(CCC(=O)Nc3ccc(C)cc3C)n2C2CC2)cc1. The molecule has 1 aliphatic rings. The van der Waals surface area contributed by atoms with Crippen LogP contribution in [0.2, 0.25) is 0 Å². The quantitative estimate of drug-likeness (QED) is 0.515. The van der Waals surface area contributed by atoms with Crippen LogP contribution in [0, 0.1) is 13.8 Å². The Balaban J connectivity index is 1.44. The lowest BCUT2D eigenvalue weighted by atomic mass is 10.1. The fourth-order valence-electron chi connectivity index (χ4n) is 3.72. The minimum Gasteiger partial charge on any atom is -0.494 e. The Morgan fingerprint density at radius 2 is 1.90 bits per heavy atom. The molecule has 31 heavy (non-hydrogen) atoms. The van der Waals surface area contributed by atoms with Gasteiger partial charge in [-0.2, -0.15) is 0 Å². The van der Waals surface area contributed by atoms with Crippen LogP contribution in [-0.2, 0) is 11.2 Å². The van der Waals surface area contributed by atoms with Crippen molar-refractivity contribution in [2.75, 3.05) is 11.9 Å². The molecule has 3 aromatic rings. The van der Waals surface area contributed by atoms with Crippen LogP contribution in [-0.4, -0.2) is 27.3 Å². The summed E-state index contributed by atoms with van der Waals surface area (Å²) in [6.07, 6.45) is 4.19. The van der Waals surface area contributed by atoms with Gasteiger partial charge in [0.25, 0.3) is 0 Å². The van der Waals surface area contributed by atoms with Crippen molar-refractivity contribution >= 4 is 11.6 Å². The average molecular weight is 419 g/mol. The molecule has 1 fully saturated rings. The van der Waals surface area contributed by atoms with E-state index in [9.17, 15) is 4.79 Å². The number of anilines is 1. The number of aromatic nitrogens is 3. The van der Waals surface area contributed by atoms with Gasteiger partial charge in [0.1, 0.15) is 11.6 Å². The second-order valence-electron chi connectivity index (χ2n) is 8.28. The molecule has 6 heteroatoms. The van der Waals surface area contributed by atoms with E-state index in [2.05, 4.69) is 33.1 Å². The van der Waals surface area contributed by atoms with Crippen LogP contribution in [0.25, 0.3) is 11.4 Å². The van der Waals surface area contributed by atoms with Gasteiger partial charge in [-0.1, -0.05) is 24.6 Å². The molecule has 0 saturated heterocycles. The first kappa shape index (κ1) is 21.1. The lowest BCUT2D eigenvalue weighted by molar-refractivity contribution is -0.116. The van der Waals surface area contributed by atoms with Crippen molar-refractivity contribution in [1.82, 2.24) is 14.8 Å². The van der Waals surface area contributed by atoms with Gasteiger partial charge in [-0.25, -0.2) is 0 Å². The third kappa shape index (κ3) is 5.13. The van der Waals surface area contributed by atoms with Gasteiger partial charge < -0.3 is 14.6 Å². The number of ether oxygens (including phenoxy) is 1. The molecule has 4 rings (SSSR count). The molecule has 1 N–H and O–H groups in total. The number of hydrogen-bond acceptors (Lipinski definition) is 4. The number of carbonyl (C=O) groups excluding carboxylic acids is 1. The van der Waals surface area contributed by atoms with E-state index in [1.165, 1.54) is 5.56 Å². The molecule has 0 aliphatic heterocycles. The summed E-state index contributed by atoms with van der Waals surface area (Å²) in [6, 6.07) is 14.5. The predicted octanol–water partition coefficient (Wildman–Crippen LogP) is 5.26. The van der Waals surface area contributed by atoms with Crippen LogP contribution >= 0.6 is 0 Å². The Hall–Kier alpha value is -3.15. The maximum absolute atomic E-state index is 12.5. The molecule has 0 unspecified atom stereocenters. The van der Waals surface area contributed by atoms with Crippen molar-refractivity contribution in [3.05, 3.63) is 59.4 Å². The highest BCUT2D eigenvalue weighted by molar-refractivity contribution is 5.91. The minimum atomic E-state index is -0.00345. The van der Waals surface area contributed by atoms with E-state index in [4.69, 9.17) is 4.74 Å². The van der Waals surface area contributed by atoms with E-state index in [0.717, 1.165) is 53.5 Å². The molecular weight excluding hydrogens is 388 g/mol. The second-order valence-corrected chi connectivity index (χ2v) is 8.28. The zero-order chi connectivity index (χ0) is 21.8. The standard InChI is InChI=1S/C25H30N4O2/c1-4-15-31-21-10-6-19(7-11-21)25-28-27-23(29(25)20-8-9-20)13-14-24(30)26-22-12-5-17(2)16-18(22)3/h5-7,10-12,16,20H,4,8-9,13-15H2,1-3H3,(H,26,30). The van der Waals surface area contributed by atoms with E-state index < -0.39 is 0 Å². The fraction of sp³-hybridized carbons (Fsp3) is 0.400. The van der Waals surface area contributed by atoms with E-state index in [-0.39, 0.29) is 5.91 Å². The molecule has 162 valence electrons. The molecule has 1 aromatic heterocycles. The van der Waals surface area contributed by atoms with Crippen LogP contribution < -0.4 is 10.1 Å². The summed E-state index contributed by atoms with van der Waals surface area (Å²) in [5.74, 6) is 2.61. The number of hydrogen-bond donors (Lipinski definition) is 1. The highest BCUT2D eigenvalue weighted by Crippen LogP contribution is 2.39. The summed E-state index contributed by atoms with van der Waals surface area (Å²) in [4.78, 5) is 12.5. The molecule has 1 saturated carbocycles. The molecule has 0 atom stereocenters. The smallest absolute Gasteiger partial charge is 0.224 e. The van der Waals surface area contributed by atoms with Gasteiger partial charge in [-0.05, 0) is 69.0 Å². The maximum atomic E-state index is 12.5. The normalized spacial score (nSPS) is 13.3. The summed E-state index contributed by atoms with van der Waals surface area (Å²) in [6.45, 7) is 6.87.